The van der Waals surface area contributed by atoms with Crippen LogP contribution in [0.15, 0.2) is 23.8 Å². The highest BCUT2D eigenvalue weighted by atomic mass is 35.5. The first-order valence-electron chi connectivity index (χ1n) is 9.93. The number of aliphatic hydroxyl groups is 1. The Morgan fingerprint density at radius 1 is 1.32 bits per heavy atom. The lowest BCUT2D eigenvalue weighted by Crippen LogP contribution is -2.67. The molecule has 6 heteroatoms. The van der Waals surface area contributed by atoms with Gasteiger partial charge in [-0.15, -0.1) is 23.2 Å². The van der Waals surface area contributed by atoms with E-state index in [0.29, 0.717) is 19.3 Å². The van der Waals surface area contributed by atoms with E-state index in [-0.39, 0.29) is 35.6 Å². The minimum atomic E-state index is -1.00. The van der Waals surface area contributed by atoms with Crippen LogP contribution < -0.4 is 0 Å². The van der Waals surface area contributed by atoms with Gasteiger partial charge in [0.1, 0.15) is 6.61 Å². The van der Waals surface area contributed by atoms with Gasteiger partial charge in [-0.2, -0.15) is 0 Å². The molecule has 0 bridgehead atoms. The van der Waals surface area contributed by atoms with Gasteiger partial charge in [-0.05, 0) is 55.9 Å². The van der Waals surface area contributed by atoms with Crippen LogP contribution in [0.3, 0.4) is 0 Å². The van der Waals surface area contributed by atoms with Crippen LogP contribution in [0.1, 0.15) is 46.0 Å². The number of alkyl halides is 2. The Labute approximate surface area is 175 Å². The Hall–Kier alpha value is -0.970. The van der Waals surface area contributed by atoms with Crippen LogP contribution >= 0.6 is 23.2 Å². The van der Waals surface area contributed by atoms with Crippen LogP contribution in [0.5, 0.6) is 0 Å². The highest BCUT2D eigenvalue weighted by Crippen LogP contribution is 2.71. The van der Waals surface area contributed by atoms with Gasteiger partial charge in [0.15, 0.2) is 17.3 Å². The Balaban J connectivity index is 1.84. The van der Waals surface area contributed by atoms with Crippen LogP contribution in [-0.4, -0.2) is 39.3 Å². The second-order valence-corrected chi connectivity index (χ2v) is 10.6. The Morgan fingerprint density at radius 3 is 2.64 bits per heavy atom. The predicted molar refractivity (Wildman–Crippen MR) is 107 cm³/mol. The van der Waals surface area contributed by atoms with Crippen molar-refractivity contribution in [3.8, 4) is 0 Å². The minimum absolute atomic E-state index is 0.0665. The summed E-state index contributed by atoms with van der Waals surface area (Å²) < 4.78 is 0. The molecule has 7 atom stereocenters. The van der Waals surface area contributed by atoms with Crippen LogP contribution in [-0.2, 0) is 14.4 Å². The van der Waals surface area contributed by atoms with Gasteiger partial charge in [0, 0.05) is 5.92 Å². The van der Waals surface area contributed by atoms with E-state index in [1.54, 1.807) is 6.08 Å². The molecule has 4 aliphatic rings. The number of allylic oxidation sites excluding steroid dienone is 2. The SMILES string of the molecule is C=C1C[C@H]2[C@@H]3CCC4=CC(=O)CC(=O)[C@]4(C)[C@@]3(Cl)C(Cl)C[C@]2(C)[C@H]1C(=O)CO. The van der Waals surface area contributed by atoms with Crippen molar-refractivity contribution in [1.82, 2.24) is 0 Å². The van der Waals surface area contributed by atoms with Gasteiger partial charge in [0.05, 0.1) is 22.1 Å². The van der Waals surface area contributed by atoms with Crippen LogP contribution in [0.2, 0.25) is 0 Å². The second kappa shape index (κ2) is 6.26. The molecule has 3 saturated carbocycles. The molecule has 4 nitrogen and oxygen atoms in total. The molecule has 0 saturated heterocycles. The van der Waals surface area contributed by atoms with Gasteiger partial charge >= 0.3 is 0 Å². The molecule has 0 radical (unpaired) electrons. The number of carbonyl (C=O) groups excluding carboxylic acids is 3. The zero-order valence-electron chi connectivity index (χ0n) is 16.3. The molecule has 4 aliphatic carbocycles. The maximum Gasteiger partial charge on any atom is 0.165 e. The normalized spacial score (nSPS) is 47.9. The van der Waals surface area contributed by atoms with E-state index >= 15 is 0 Å². The van der Waals surface area contributed by atoms with Crippen molar-refractivity contribution in [1.29, 1.82) is 0 Å². The van der Waals surface area contributed by atoms with Crippen LogP contribution in [0, 0.1) is 28.6 Å². The van der Waals surface area contributed by atoms with Crippen molar-refractivity contribution < 1.29 is 19.5 Å². The van der Waals surface area contributed by atoms with Gasteiger partial charge in [-0.1, -0.05) is 24.6 Å². The number of halogens is 2. The topological polar surface area (TPSA) is 71.4 Å². The van der Waals surface area contributed by atoms with E-state index in [4.69, 9.17) is 23.2 Å². The third-order valence-electron chi connectivity index (χ3n) is 8.34. The summed E-state index contributed by atoms with van der Waals surface area (Å²) in [5, 5.41) is 8.95. The second-order valence-electron chi connectivity index (χ2n) is 9.48. The Bertz CT molecular complexity index is 832. The fraction of sp³-hybridized carbons (Fsp3) is 0.682. The summed E-state index contributed by atoms with van der Waals surface area (Å²) in [6.07, 6.45) is 3.95. The molecule has 3 fully saturated rings. The maximum atomic E-state index is 13.1. The van der Waals surface area contributed by atoms with Crippen molar-refractivity contribution in [3.05, 3.63) is 23.8 Å². The largest absolute Gasteiger partial charge is 0.389 e. The number of rotatable bonds is 2. The summed E-state index contributed by atoms with van der Waals surface area (Å²) in [7, 11) is 0. The fourth-order valence-electron chi connectivity index (χ4n) is 7.02. The Morgan fingerprint density at radius 2 is 2.00 bits per heavy atom. The number of fused-ring (bicyclic) bond motifs is 5. The summed E-state index contributed by atoms with van der Waals surface area (Å²) in [4.78, 5) is 36.6. The average molecular weight is 425 g/mol. The van der Waals surface area contributed by atoms with Gasteiger partial charge in [-0.3, -0.25) is 14.4 Å². The summed E-state index contributed by atoms with van der Waals surface area (Å²) >= 11 is 14.3. The van der Waals surface area contributed by atoms with Crippen molar-refractivity contribution >= 4 is 40.6 Å². The third-order valence-corrected chi connectivity index (χ3v) is 9.87. The summed E-state index contributed by atoms with van der Waals surface area (Å²) in [6.45, 7) is 7.54. The number of hydrogen-bond acceptors (Lipinski definition) is 4. The lowest BCUT2D eigenvalue weighted by molar-refractivity contribution is -0.140. The smallest absolute Gasteiger partial charge is 0.165 e. The quantitative estimate of drug-likeness (QED) is 0.417. The summed E-state index contributed by atoms with van der Waals surface area (Å²) in [5.41, 5.74) is 0.221. The van der Waals surface area contributed by atoms with Gasteiger partial charge in [0.25, 0.3) is 0 Å². The lowest BCUT2D eigenvalue weighted by atomic mass is 9.45. The first-order valence-corrected chi connectivity index (χ1v) is 10.7. The monoisotopic (exact) mass is 424 g/mol. The summed E-state index contributed by atoms with van der Waals surface area (Å²) in [6, 6.07) is 0. The number of ketones is 3. The molecule has 0 aliphatic heterocycles. The van der Waals surface area contributed by atoms with Gasteiger partial charge < -0.3 is 5.11 Å². The van der Waals surface area contributed by atoms with E-state index < -0.39 is 33.6 Å². The fourth-order valence-corrected chi connectivity index (χ4v) is 8.30. The van der Waals surface area contributed by atoms with Gasteiger partial charge in [-0.25, -0.2) is 0 Å². The molecule has 0 spiro atoms. The minimum Gasteiger partial charge on any atom is -0.389 e. The number of Topliss-reactive ketones (excluding diaryl/α,β-unsaturated/α-hetero) is 2. The van der Waals surface area contributed by atoms with E-state index in [9.17, 15) is 19.5 Å². The number of aliphatic hydroxyl groups excluding tert-OH is 1. The first-order chi connectivity index (χ1) is 13.0. The van der Waals surface area contributed by atoms with E-state index in [0.717, 1.165) is 17.6 Å². The Kier molecular flexibility index (Phi) is 4.54. The maximum absolute atomic E-state index is 13.1. The van der Waals surface area contributed by atoms with Gasteiger partial charge in [0.2, 0.25) is 0 Å². The third kappa shape index (κ3) is 2.26. The summed E-state index contributed by atoms with van der Waals surface area (Å²) in [5.74, 6) is -0.962. The lowest BCUT2D eigenvalue weighted by Gasteiger charge is -2.63. The molecular weight excluding hydrogens is 399 g/mol. The standard InChI is InChI=1S/C22H26Cl2O4/c1-11-6-15-14-5-4-12-7-13(26)8-18(28)21(12,3)22(14,24)17(23)9-20(15,2)19(11)16(27)10-25/h7,14-15,17,19,25H,1,4-6,8-10H2,2-3H3/t14-,15-,17?,19+,20-,21+,22-/m0/s1. The molecule has 4 rings (SSSR count). The molecular formula is C22H26Cl2O4. The van der Waals surface area contributed by atoms with Crippen molar-refractivity contribution in [3.63, 3.8) is 0 Å². The van der Waals surface area contributed by atoms with E-state index in [2.05, 4.69) is 13.5 Å². The molecule has 0 aromatic rings. The number of carbonyl (C=O) groups is 3. The van der Waals surface area contributed by atoms with Crippen LogP contribution in [0.25, 0.3) is 0 Å². The zero-order chi connectivity index (χ0) is 20.6. The van der Waals surface area contributed by atoms with Crippen molar-refractivity contribution in [2.75, 3.05) is 6.61 Å². The first kappa shape index (κ1) is 20.3. The van der Waals surface area contributed by atoms with Crippen LogP contribution in [0.4, 0.5) is 0 Å². The molecule has 152 valence electrons. The molecule has 0 aromatic heterocycles. The predicted octanol–water partition coefficient (Wildman–Crippen LogP) is 3.62. The molecule has 0 aromatic carbocycles. The molecule has 0 amide bonds. The highest BCUT2D eigenvalue weighted by molar-refractivity contribution is 6.35. The molecule has 0 heterocycles. The molecule has 1 N–H and O–H groups in total. The molecule has 1 unspecified atom stereocenters. The highest BCUT2D eigenvalue weighted by Gasteiger charge is 2.72. The average Bonchev–Trinajstić information content (AvgIpc) is 2.87. The van der Waals surface area contributed by atoms with E-state index in [1.165, 1.54) is 0 Å². The zero-order valence-corrected chi connectivity index (χ0v) is 17.8. The van der Waals surface area contributed by atoms with Crippen molar-refractivity contribution in [2.45, 2.75) is 56.2 Å². The van der Waals surface area contributed by atoms with Crippen molar-refractivity contribution in [2.24, 2.45) is 28.6 Å². The van der Waals surface area contributed by atoms with E-state index in [1.807, 2.05) is 6.92 Å². The molecule has 28 heavy (non-hydrogen) atoms. The number of hydrogen-bond donors (Lipinski definition) is 1.